The van der Waals surface area contributed by atoms with E-state index in [1.165, 1.54) is 5.56 Å². The van der Waals surface area contributed by atoms with Crippen molar-refractivity contribution in [2.75, 3.05) is 13.6 Å². The molecule has 148 valence electrons. The number of nitrogens with zero attached hydrogens (tertiary/aromatic N) is 3. The molecular formula is C23H23N3O3. The molecule has 0 fully saturated rings. The summed E-state index contributed by atoms with van der Waals surface area (Å²) >= 11 is 0. The summed E-state index contributed by atoms with van der Waals surface area (Å²) in [6.45, 7) is 4.87. The highest BCUT2D eigenvalue weighted by atomic mass is 16.5. The smallest absolute Gasteiger partial charge is 0.253 e. The van der Waals surface area contributed by atoms with E-state index in [1.807, 2.05) is 44.3 Å². The summed E-state index contributed by atoms with van der Waals surface area (Å²) in [6.07, 6.45) is 3.58. The van der Waals surface area contributed by atoms with Crippen LogP contribution in [0.5, 0.6) is 0 Å². The zero-order chi connectivity index (χ0) is 20.4. The molecular weight excluding hydrogens is 366 g/mol. The van der Waals surface area contributed by atoms with Crippen molar-refractivity contribution in [3.8, 4) is 22.8 Å². The summed E-state index contributed by atoms with van der Waals surface area (Å²) in [7, 11) is 1.82. The summed E-state index contributed by atoms with van der Waals surface area (Å²) in [6, 6.07) is 13.3. The predicted molar refractivity (Wildman–Crippen MR) is 112 cm³/mol. The Morgan fingerprint density at radius 2 is 1.93 bits per heavy atom. The summed E-state index contributed by atoms with van der Waals surface area (Å²) in [4.78, 5) is 19.0. The van der Waals surface area contributed by atoms with Crippen LogP contribution in [-0.4, -0.2) is 34.5 Å². The number of carbonyl (C=O) groups excluding carboxylic acids is 1. The van der Waals surface area contributed by atoms with Gasteiger partial charge in [0.15, 0.2) is 5.58 Å². The monoisotopic (exact) mass is 389 g/mol. The third-order valence-corrected chi connectivity index (χ3v) is 4.96. The average molecular weight is 389 g/mol. The first-order valence-electron chi connectivity index (χ1n) is 9.74. The summed E-state index contributed by atoms with van der Waals surface area (Å²) in [5.74, 6) is 0.496. The van der Waals surface area contributed by atoms with Gasteiger partial charge in [0.05, 0.1) is 5.39 Å². The molecule has 0 N–H and O–H groups in total. The molecule has 0 unspecified atom stereocenters. The lowest BCUT2D eigenvalue weighted by atomic mass is 10.1. The van der Waals surface area contributed by atoms with E-state index < -0.39 is 0 Å². The Morgan fingerprint density at radius 1 is 1.14 bits per heavy atom. The number of benzene rings is 2. The van der Waals surface area contributed by atoms with Gasteiger partial charge < -0.3 is 13.8 Å². The highest BCUT2D eigenvalue weighted by Crippen LogP contribution is 2.30. The van der Waals surface area contributed by atoms with Gasteiger partial charge in [0.25, 0.3) is 5.91 Å². The molecule has 4 rings (SSSR count). The molecule has 2 heterocycles. The normalized spacial score (nSPS) is 11.1. The molecule has 29 heavy (non-hydrogen) atoms. The Labute approximate surface area is 169 Å². The Morgan fingerprint density at radius 3 is 2.69 bits per heavy atom. The first-order chi connectivity index (χ1) is 14.1. The minimum atomic E-state index is -0.0204. The number of hydrogen-bond donors (Lipinski definition) is 0. The van der Waals surface area contributed by atoms with Gasteiger partial charge in [-0.05, 0) is 43.7 Å². The van der Waals surface area contributed by atoms with E-state index in [0.29, 0.717) is 28.4 Å². The number of oxazole rings is 1. The Balaban J connectivity index is 1.66. The van der Waals surface area contributed by atoms with Crippen LogP contribution < -0.4 is 0 Å². The van der Waals surface area contributed by atoms with Crippen LogP contribution in [-0.2, 0) is 0 Å². The molecule has 4 aromatic rings. The molecule has 2 aromatic heterocycles. The minimum Gasteiger partial charge on any atom is -0.444 e. The third-order valence-electron chi connectivity index (χ3n) is 4.96. The molecule has 1 amide bonds. The van der Waals surface area contributed by atoms with Crippen molar-refractivity contribution in [1.29, 1.82) is 0 Å². The Bertz CT molecular complexity index is 1140. The summed E-state index contributed by atoms with van der Waals surface area (Å²) < 4.78 is 11.1. The molecule has 0 aliphatic carbocycles. The predicted octanol–water partition coefficient (Wildman–Crippen LogP) is 5.33. The number of unbranched alkanes of at least 4 members (excludes halogenated alkanes) is 1. The number of fused-ring (bicyclic) bond motifs is 1. The fraction of sp³-hybridized carbons (Fsp3) is 0.261. The van der Waals surface area contributed by atoms with Crippen molar-refractivity contribution in [3.63, 3.8) is 0 Å². The van der Waals surface area contributed by atoms with Gasteiger partial charge in [-0.3, -0.25) is 4.79 Å². The van der Waals surface area contributed by atoms with Crippen molar-refractivity contribution >= 4 is 16.9 Å². The van der Waals surface area contributed by atoms with Gasteiger partial charge in [0.2, 0.25) is 5.89 Å². The van der Waals surface area contributed by atoms with Gasteiger partial charge in [-0.1, -0.05) is 36.2 Å². The van der Waals surface area contributed by atoms with Crippen LogP contribution in [0.25, 0.3) is 33.8 Å². The maximum Gasteiger partial charge on any atom is 0.253 e. The van der Waals surface area contributed by atoms with Gasteiger partial charge in [-0.2, -0.15) is 0 Å². The van der Waals surface area contributed by atoms with Crippen molar-refractivity contribution in [2.24, 2.45) is 0 Å². The lowest BCUT2D eigenvalue weighted by Gasteiger charge is -2.16. The van der Waals surface area contributed by atoms with E-state index in [1.54, 1.807) is 23.3 Å². The van der Waals surface area contributed by atoms with Gasteiger partial charge in [0, 0.05) is 24.7 Å². The number of aryl methyl sites for hydroxylation is 1. The summed E-state index contributed by atoms with van der Waals surface area (Å²) in [5.41, 5.74) is 4.40. The second kappa shape index (κ2) is 7.91. The zero-order valence-electron chi connectivity index (χ0n) is 16.8. The fourth-order valence-corrected chi connectivity index (χ4v) is 3.18. The second-order valence-electron chi connectivity index (χ2n) is 7.23. The van der Waals surface area contributed by atoms with Gasteiger partial charge in [-0.15, -0.1) is 0 Å². The minimum absolute atomic E-state index is 0.0204. The maximum absolute atomic E-state index is 12.7. The lowest BCUT2D eigenvalue weighted by molar-refractivity contribution is 0.0793. The quantitative estimate of drug-likeness (QED) is 0.446. The molecule has 6 nitrogen and oxygen atoms in total. The van der Waals surface area contributed by atoms with Crippen molar-refractivity contribution in [1.82, 2.24) is 15.0 Å². The molecule has 0 atom stereocenters. The van der Waals surface area contributed by atoms with Gasteiger partial charge in [0.1, 0.15) is 17.7 Å². The first-order valence-corrected chi connectivity index (χ1v) is 9.74. The van der Waals surface area contributed by atoms with E-state index in [2.05, 4.69) is 17.1 Å². The zero-order valence-corrected chi connectivity index (χ0v) is 16.8. The third kappa shape index (κ3) is 3.78. The number of rotatable bonds is 6. The molecule has 0 saturated heterocycles. The molecule has 0 aliphatic rings. The van der Waals surface area contributed by atoms with Crippen LogP contribution in [0.4, 0.5) is 0 Å². The van der Waals surface area contributed by atoms with Gasteiger partial charge >= 0.3 is 0 Å². The van der Waals surface area contributed by atoms with Crippen molar-refractivity contribution in [2.45, 2.75) is 26.7 Å². The van der Waals surface area contributed by atoms with E-state index in [-0.39, 0.29) is 5.91 Å². The molecule has 0 radical (unpaired) electrons. The van der Waals surface area contributed by atoms with Crippen LogP contribution in [0.3, 0.4) is 0 Å². The standard InChI is InChI=1S/C23H23N3O3/c1-4-5-12-26(3)23(27)17-10-11-20-18(13-17)21(25-29-20)19-14-28-22(24-19)16-8-6-15(2)7-9-16/h6-11,13-14H,4-5,12H2,1-3H3. The molecule has 0 saturated carbocycles. The van der Waals surface area contributed by atoms with Crippen LogP contribution in [0.1, 0.15) is 35.7 Å². The summed E-state index contributed by atoms with van der Waals surface area (Å²) in [5, 5.41) is 4.90. The van der Waals surface area contributed by atoms with E-state index in [9.17, 15) is 4.79 Å². The average Bonchev–Trinajstić information content (AvgIpc) is 3.38. The van der Waals surface area contributed by atoms with Crippen LogP contribution >= 0.6 is 0 Å². The van der Waals surface area contributed by atoms with Crippen LogP contribution in [0, 0.1) is 6.92 Å². The van der Waals surface area contributed by atoms with Crippen molar-refractivity contribution in [3.05, 3.63) is 59.9 Å². The van der Waals surface area contributed by atoms with E-state index in [0.717, 1.165) is 30.3 Å². The SMILES string of the molecule is CCCCN(C)C(=O)c1ccc2onc(-c3coc(-c4ccc(C)cc4)n3)c2c1. The highest BCUT2D eigenvalue weighted by Gasteiger charge is 2.18. The number of hydrogen-bond acceptors (Lipinski definition) is 5. The second-order valence-corrected chi connectivity index (χ2v) is 7.23. The number of carbonyl (C=O) groups is 1. The number of aromatic nitrogens is 2. The first kappa shape index (κ1) is 18.9. The fourth-order valence-electron chi connectivity index (χ4n) is 3.18. The van der Waals surface area contributed by atoms with Crippen molar-refractivity contribution < 1.29 is 13.7 Å². The van der Waals surface area contributed by atoms with E-state index in [4.69, 9.17) is 8.94 Å². The maximum atomic E-state index is 12.7. The molecule has 0 aliphatic heterocycles. The Hall–Kier alpha value is -3.41. The topological polar surface area (TPSA) is 72.4 Å². The van der Waals surface area contributed by atoms with E-state index >= 15 is 0 Å². The molecule has 2 aromatic carbocycles. The Kier molecular flexibility index (Phi) is 5.16. The lowest BCUT2D eigenvalue weighted by Crippen LogP contribution is -2.27. The molecule has 6 heteroatoms. The molecule has 0 spiro atoms. The largest absolute Gasteiger partial charge is 0.444 e. The van der Waals surface area contributed by atoms with Gasteiger partial charge in [-0.25, -0.2) is 4.98 Å². The number of amides is 1. The molecule has 0 bridgehead atoms. The van der Waals surface area contributed by atoms with Crippen LogP contribution in [0.2, 0.25) is 0 Å². The highest BCUT2D eigenvalue weighted by molar-refractivity contribution is 6.00. The van der Waals surface area contributed by atoms with Crippen LogP contribution in [0.15, 0.2) is 57.7 Å².